The number of carboxylic acid groups (broad SMARTS) is 1. The van der Waals surface area contributed by atoms with Gasteiger partial charge in [0.15, 0.2) is 0 Å². The van der Waals surface area contributed by atoms with Crippen LogP contribution in [-0.2, 0) is 11.3 Å². The second kappa shape index (κ2) is 12.7. The monoisotopic (exact) mass is 546 g/mol. The summed E-state index contributed by atoms with van der Waals surface area (Å²) >= 11 is 0. The summed E-state index contributed by atoms with van der Waals surface area (Å²) < 4.78 is 43.4. The van der Waals surface area contributed by atoms with E-state index in [1.165, 1.54) is 17.0 Å². The van der Waals surface area contributed by atoms with Crippen molar-refractivity contribution >= 4 is 17.6 Å². The Morgan fingerprint density at radius 1 is 1.10 bits per heavy atom. The van der Waals surface area contributed by atoms with Crippen molar-refractivity contribution in [3.63, 3.8) is 0 Å². The number of aromatic nitrogens is 2. The van der Waals surface area contributed by atoms with E-state index >= 15 is 0 Å². The third-order valence-corrected chi connectivity index (χ3v) is 6.04. The highest BCUT2D eigenvalue weighted by Gasteiger charge is 2.31. The second-order valence-corrected chi connectivity index (χ2v) is 9.62. The van der Waals surface area contributed by atoms with Crippen LogP contribution in [0.5, 0.6) is 5.75 Å². The molecule has 2 aromatic carbocycles. The van der Waals surface area contributed by atoms with E-state index in [2.05, 4.69) is 29.0 Å². The highest BCUT2D eigenvalue weighted by molar-refractivity contribution is 5.94. The molecule has 0 saturated heterocycles. The van der Waals surface area contributed by atoms with Gasteiger partial charge in [0.2, 0.25) is 0 Å². The molecule has 1 heterocycles. The Labute approximate surface area is 225 Å². The van der Waals surface area contributed by atoms with Gasteiger partial charge in [-0.25, -0.2) is 0 Å². The zero-order valence-electron chi connectivity index (χ0n) is 22.3. The van der Waals surface area contributed by atoms with Gasteiger partial charge < -0.3 is 20.1 Å². The Morgan fingerprint density at radius 3 is 2.28 bits per heavy atom. The molecule has 0 aliphatic rings. The van der Waals surface area contributed by atoms with Crippen molar-refractivity contribution in [1.82, 2.24) is 14.7 Å². The van der Waals surface area contributed by atoms with Gasteiger partial charge in [0.1, 0.15) is 5.75 Å². The zero-order chi connectivity index (χ0) is 28.7. The number of benzene rings is 2. The highest BCUT2D eigenvalue weighted by atomic mass is 19.4. The number of halogens is 3. The summed E-state index contributed by atoms with van der Waals surface area (Å²) in [5.41, 5.74) is 3.46. The van der Waals surface area contributed by atoms with Crippen molar-refractivity contribution in [2.45, 2.75) is 52.6 Å². The van der Waals surface area contributed by atoms with Gasteiger partial charge in [-0.3, -0.25) is 14.3 Å². The smallest absolute Gasteiger partial charge is 0.481 e. The minimum absolute atomic E-state index is 0.117. The van der Waals surface area contributed by atoms with Gasteiger partial charge in [0, 0.05) is 37.0 Å². The summed E-state index contributed by atoms with van der Waals surface area (Å²) in [6.07, 6.45) is -4.10. The van der Waals surface area contributed by atoms with Crippen LogP contribution in [0.15, 0.2) is 54.6 Å². The summed E-state index contributed by atoms with van der Waals surface area (Å²) in [7, 11) is 1.57. The summed E-state index contributed by atoms with van der Waals surface area (Å²) in [5, 5.41) is 17.1. The van der Waals surface area contributed by atoms with Crippen LogP contribution in [0.2, 0.25) is 0 Å². The molecule has 0 radical (unpaired) electrons. The van der Waals surface area contributed by atoms with Crippen molar-refractivity contribution in [3.05, 3.63) is 65.9 Å². The minimum Gasteiger partial charge on any atom is -0.481 e. The Kier molecular flexibility index (Phi) is 9.61. The predicted octanol–water partition coefficient (Wildman–Crippen LogP) is 6.21. The van der Waals surface area contributed by atoms with Gasteiger partial charge in [0.25, 0.3) is 5.91 Å². The minimum atomic E-state index is -4.75. The van der Waals surface area contributed by atoms with Crippen molar-refractivity contribution in [1.29, 1.82) is 0 Å². The molecule has 3 rings (SSSR count). The molecule has 0 bridgehead atoms. The van der Waals surface area contributed by atoms with E-state index in [1.54, 1.807) is 43.4 Å². The zero-order valence-corrected chi connectivity index (χ0v) is 22.3. The van der Waals surface area contributed by atoms with Gasteiger partial charge in [-0.05, 0) is 73.9 Å². The third kappa shape index (κ3) is 8.49. The first-order valence-corrected chi connectivity index (χ1v) is 12.6. The van der Waals surface area contributed by atoms with Crippen LogP contribution in [0.1, 0.15) is 55.7 Å². The van der Waals surface area contributed by atoms with Crippen molar-refractivity contribution in [2.24, 2.45) is 5.92 Å². The van der Waals surface area contributed by atoms with Gasteiger partial charge in [-0.2, -0.15) is 5.10 Å². The lowest BCUT2D eigenvalue weighted by molar-refractivity contribution is -0.274. The average Bonchev–Trinajstić information content (AvgIpc) is 3.30. The largest absolute Gasteiger partial charge is 0.573 e. The molecular formula is C28H33F3N4O4. The number of aliphatic carboxylic acids is 1. The van der Waals surface area contributed by atoms with Gasteiger partial charge in [0.05, 0.1) is 23.9 Å². The molecule has 39 heavy (non-hydrogen) atoms. The molecule has 11 heteroatoms. The maximum absolute atomic E-state index is 12.6. The van der Waals surface area contributed by atoms with E-state index in [0.717, 1.165) is 17.8 Å². The number of hydrogen-bond donors (Lipinski definition) is 2. The molecule has 1 amide bonds. The van der Waals surface area contributed by atoms with Crippen molar-refractivity contribution in [2.75, 3.05) is 18.9 Å². The quantitative estimate of drug-likeness (QED) is 0.280. The lowest BCUT2D eigenvalue weighted by Gasteiger charge is -2.23. The topological polar surface area (TPSA) is 96.7 Å². The number of carbonyl (C=O) groups excluding carboxylic acids is 1. The van der Waals surface area contributed by atoms with E-state index < -0.39 is 12.3 Å². The molecule has 2 N–H and O–H groups in total. The lowest BCUT2D eigenvalue weighted by atomic mass is 9.99. The average molecular weight is 547 g/mol. The number of nitrogens with zero attached hydrogens (tertiary/aromatic N) is 3. The summed E-state index contributed by atoms with van der Waals surface area (Å²) in [4.78, 5) is 24.8. The molecule has 0 saturated carbocycles. The number of rotatable bonds is 12. The van der Waals surface area contributed by atoms with Crippen LogP contribution in [0.3, 0.4) is 0 Å². The summed E-state index contributed by atoms with van der Waals surface area (Å²) in [5.74, 6) is -1.18. The maximum Gasteiger partial charge on any atom is 0.573 e. The van der Waals surface area contributed by atoms with E-state index in [9.17, 15) is 22.8 Å². The van der Waals surface area contributed by atoms with E-state index in [0.29, 0.717) is 29.3 Å². The maximum atomic E-state index is 12.6. The van der Waals surface area contributed by atoms with Crippen LogP contribution in [0.25, 0.3) is 11.3 Å². The number of hydrogen-bond acceptors (Lipinski definition) is 5. The molecule has 1 unspecified atom stereocenters. The fraction of sp³-hybridized carbons (Fsp3) is 0.393. The molecule has 0 aliphatic carbocycles. The fourth-order valence-electron chi connectivity index (χ4n) is 4.15. The Bertz CT molecular complexity index is 1260. The van der Waals surface area contributed by atoms with Crippen LogP contribution in [0.4, 0.5) is 18.9 Å². The Balaban J connectivity index is 1.81. The summed E-state index contributed by atoms with van der Waals surface area (Å²) in [6, 6.07) is 14.4. The molecule has 3 aromatic rings. The number of ether oxygens (including phenoxy) is 1. The number of amides is 1. The predicted molar refractivity (Wildman–Crippen MR) is 141 cm³/mol. The number of anilines is 1. The van der Waals surface area contributed by atoms with Gasteiger partial charge in [-0.15, -0.1) is 13.2 Å². The van der Waals surface area contributed by atoms with Crippen LogP contribution < -0.4 is 10.1 Å². The lowest BCUT2D eigenvalue weighted by Crippen LogP contribution is -2.29. The highest BCUT2D eigenvalue weighted by Crippen LogP contribution is 2.31. The first-order valence-electron chi connectivity index (χ1n) is 12.6. The first kappa shape index (κ1) is 29.5. The number of carboxylic acids is 1. The normalized spacial score (nSPS) is 12.3. The molecule has 1 aromatic heterocycles. The number of alkyl halides is 3. The SMILES string of the molecule is CCn1nc(-c2ccc(OC(F)(F)F)cc2)cc1C(CC(C)C)Nc1ccc(C(=O)N(C)CCC(=O)O)cc1. The fourth-order valence-corrected chi connectivity index (χ4v) is 4.15. The van der Waals surface area contributed by atoms with E-state index in [-0.39, 0.29) is 30.7 Å². The first-order chi connectivity index (χ1) is 18.4. The molecular weight excluding hydrogens is 513 g/mol. The van der Waals surface area contributed by atoms with E-state index in [1.807, 2.05) is 17.7 Å². The molecule has 210 valence electrons. The van der Waals surface area contributed by atoms with Crippen molar-refractivity contribution < 1.29 is 32.6 Å². The molecule has 0 spiro atoms. The van der Waals surface area contributed by atoms with Crippen LogP contribution >= 0.6 is 0 Å². The number of aryl methyl sites for hydroxylation is 1. The van der Waals surface area contributed by atoms with E-state index in [4.69, 9.17) is 5.11 Å². The van der Waals surface area contributed by atoms with Crippen LogP contribution in [0, 0.1) is 5.92 Å². The Morgan fingerprint density at radius 2 is 1.74 bits per heavy atom. The molecule has 1 atom stereocenters. The summed E-state index contributed by atoms with van der Waals surface area (Å²) in [6.45, 7) is 6.89. The molecule has 0 fully saturated rings. The number of nitrogens with one attached hydrogen (secondary N) is 1. The second-order valence-electron chi connectivity index (χ2n) is 9.62. The van der Waals surface area contributed by atoms with Crippen LogP contribution in [-0.4, -0.2) is 51.6 Å². The number of carbonyl (C=O) groups is 2. The van der Waals surface area contributed by atoms with Gasteiger partial charge in [-0.1, -0.05) is 13.8 Å². The molecule has 0 aliphatic heterocycles. The molecule has 8 nitrogen and oxygen atoms in total. The third-order valence-electron chi connectivity index (χ3n) is 6.04. The van der Waals surface area contributed by atoms with Crippen molar-refractivity contribution in [3.8, 4) is 17.0 Å². The Hall–Kier alpha value is -4.02. The standard InChI is InChI=1S/C28H33F3N4O4/c1-5-35-25(17-23(33-35)19-8-12-22(13-9-19)39-28(29,30)31)24(16-18(2)3)32-21-10-6-20(7-11-21)27(38)34(4)15-14-26(36)37/h6-13,17-18,24,32H,5,14-16H2,1-4H3,(H,36,37). The van der Waals surface area contributed by atoms with Gasteiger partial charge >= 0.3 is 12.3 Å².